The Hall–Kier alpha value is -0.320. The van der Waals surface area contributed by atoms with Crippen molar-refractivity contribution < 1.29 is 15.0 Å². The van der Waals surface area contributed by atoms with Gasteiger partial charge in [0.15, 0.2) is 5.78 Å². The number of carbonyl (C=O) groups is 1. The van der Waals surface area contributed by atoms with E-state index in [1.807, 2.05) is 19.9 Å². The number of hydrogen-bond donors (Lipinski definition) is 2. The van der Waals surface area contributed by atoms with Crippen LogP contribution in [0.1, 0.15) is 86.0 Å². The number of rotatable bonds is 0. The maximum atomic E-state index is 11.8. The molecule has 0 heterocycles. The second kappa shape index (κ2) is 9.93. The molecule has 6 atom stereocenters. The Bertz CT molecular complexity index is 532. The van der Waals surface area contributed by atoms with Gasteiger partial charge in [-0.2, -0.15) is 13.5 Å². The number of hydrogen-bond acceptors (Lipinski definition) is 3. The lowest BCUT2D eigenvalue weighted by atomic mass is 9.47. The van der Waals surface area contributed by atoms with Gasteiger partial charge in [-0.25, -0.2) is 0 Å². The Morgan fingerprint density at radius 2 is 1.67 bits per heavy atom. The summed E-state index contributed by atoms with van der Waals surface area (Å²) in [7, 11) is 0. The first-order valence-electron chi connectivity index (χ1n) is 10.9. The predicted octanol–water partition coefficient (Wildman–Crippen LogP) is 5.02. The molecule has 0 aliphatic heterocycles. The lowest BCUT2D eigenvalue weighted by molar-refractivity contribution is -0.118. The molecule has 27 heavy (non-hydrogen) atoms. The number of aliphatic hydroxyl groups excluding tert-OH is 2. The molecule has 3 fully saturated rings. The van der Waals surface area contributed by atoms with E-state index in [0.717, 1.165) is 37.5 Å². The summed E-state index contributed by atoms with van der Waals surface area (Å²) >= 11 is 0. The third-order valence-corrected chi connectivity index (χ3v) is 7.91. The molecule has 0 aromatic carbocycles. The summed E-state index contributed by atoms with van der Waals surface area (Å²) in [6, 6.07) is 0. The fourth-order valence-corrected chi connectivity index (χ4v) is 6.53. The third-order valence-electron chi connectivity index (χ3n) is 7.91. The van der Waals surface area contributed by atoms with Crippen LogP contribution in [0.15, 0.2) is 11.6 Å². The average molecular weight is 399 g/mol. The molecule has 0 saturated heterocycles. The van der Waals surface area contributed by atoms with Crippen molar-refractivity contribution in [1.82, 2.24) is 0 Å². The Kier molecular flexibility index (Phi) is 9.09. The summed E-state index contributed by atoms with van der Waals surface area (Å²) in [4.78, 5) is 11.8. The summed E-state index contributed by atoms with van der Waals surface area (Å²) in [5, 5.41) is 18.0. The SMILES string of the molecule is CC.CC12CCC(=O)C=C1CCC1C2CCC2(C)C(O)CCC12.CCO.S. The first kappa shape index (κ1) is 24.7. The molecule has 0 radical (unpaired) electrons. The van der Waals surface area contributed by atoms with Crippen LogP contribution in [0.3, 0.4) is 0 Å². The van der Waals surface area contributed by atoms with E-state index >= 15 is 0 Å². The van der Waals surface area contributed by atoms with E-state index in [0.29, 0.717) is 11.7 Å². The second-order valence-corrected chi connectivity index (χ2v) is 8.92. The van der Waals surface area contributed by atoms with Crippen LogP contribution in [0.4, 0.5) is 0 Å². The smallest absolute Gasteiger partial charge is 0.155 e. The molecule has 3 saturated carbocycles. The highest BCUT2D eigenvalue weighted by Gasteiger charge is 2.58. The highest BCUT2D eigenvalue weighted by Crippen LogP contribution is 2.65. The Balaban J connectivity index is 0.000000557. The third kappa shape index (κ3) is 4.33. The topological polar surface area (TPSA) is 57.5 Å². The quantitative estimate of drug-likeness (QED) is 0.602. The maximum Gasteiger partial charge on any atom is 0.155 e. The Labute approximate surface area is 173 Å². The molecule has 0 aromatic rings. The van der Waals surface area contributed by atoms with Gasteiger partial charge in [0.1, 0.15) is 0 Å². The highest BCUT2D eigenvalue weighted by molar-refractivity contribution is 7.59. The van der Waals surface area contributed by atoms with Crippen LogP contribution < -0.4 is 0 Å². The van der Waals surface area contributed by atoms with Crippen molar-refractivity contribution in [2.75, 3.05) is 6.61 Å². The zero-order valence-electron chi connectivity index (χ0n) is 18.1. The van der Waals surface area contributed by atoms with Gasteiger partial charge in [0.05, 0.1) is 6.10 Å². The lowest BCUT2D eigenvalue weighted by Gasteiger charge is -2.57. The van der Waals surface area contributed by atoms with Crippen LogP contribution in [0.25, 0.3) is 0 Å². The summed E-state index contributed by atoms with van der Waals surface area (Å²) in [5.74, 6) is 2.57. The minimum absolute atomic E-state index is 0. The maximum absolute atomic E-state index is 11.8. The van der Waals surface area contributed by atoms with Gasteiger partial charge >= 0.3 is 0 Å². The molecular formula is C23H42O3S. The molecule has 0 spiro atoms. The normalized spacial score (nSPS) is 41.9. The van der Waals surface area contributed by atoms with Gasteiger partial charge in [0.25, 0.3) is 0 Å². The molecule has 3 nitrogen and oxygen atoms in total. The summed E-state index contributed by atoms with van der Waals surface area (Å²) < 4.78 is 0. The first-order valence-corrected chi connectivity index (χ1v) is 10.9. The molecule has 2 N–H and O–H groups in total. The van der Waals surface area contributed by atoms with E-state index in [9.17, 15) is 9.90 Å². The summed E-state index contributed by atoms with van der Waals surface area (Å²) in [5.41, 5.74) is 1.89. The molecule has 4 aliphatic rings. The zero-order chi connectivity index (χ0) is 19.5. The number of ketones is 1. The van der Waals surface area contributed by atoms with Crippen LogP contribution in [0.2, 0.25) is 0 Å². The zero-order valence-corrected chi connectivity index (χ0v) is 19.1. The Morgan fingerprint density at radius 3 is 2.30 bits per heavy atom. The highest BCUT2D eigenvalue weighted by atomic mass is 32.1. The fourth-order valence-electron chi connectivity index (χ4n) is 6.53. The monoisotopic (exact) mass is 398 g/mol. The second-order valence-electron chi connectivity index (χ2n) is 8.92. The molecule has 0 aromatic heterocycles. The van der Waals surface area contributed by atoms with Crippen molar-refractivity contribution >= 4 is 19.3 Å². The van der Waals surface area contributed by atoms with Crippen molar-refractivity contribution in [1.29, 1.82) is 0 Å². The van der Waals surface area contributed by atoms with Crippen molar-refractivity contribution in [2.45, 2.75) is 92.1 Å². The van der Waals surface area contributed by atoms with E-state index in [2.05, 4.69) is 13.8 Å². The van der Waals surface area contributed by atoms with E-state index in [1.165, 1.54) is 31.3 Å². The lowest BCUT2D eigenvalue weighted by Crippen LogP contribution is -2.51. The molecule has 0 amide bonds. The molecule has 158 valence electrons. The minimum atomic E-state index is -0.0823. The van der Waals surface area contributed by atoms with Gasteiger partial charge in [-0.1, -0.05) is 33.3 Å². The average Bonchev–Trinajstić information content (AvgIpc) is 2.93. The van der Waals surface area contributed by atoms with E-state index < -0.39 is 0 Å². The van der Waals surface area contributed by atoms with Crippen LogP contribution in [-0.2, 0) is 4.79 Å². The first-order chi connectivity index (χ1) is 12.4. The van der Waals surface area contributed by atoms with Crippen molar-refractivity contribution in [3.05, 3.63) is 11.6 Å². The van der Waals surface area contributed by atoms with Crippen molar-refractivity contribution in [3.8, 4) is 0 Å². The number of aliphatic hydroxyl groups is 2. The standard InChI is InChI=1S/C19H28O2.C2H6O.C2H6.H2S/c1-18-9-7-13(20)11-12(18)3-4-14-15-5-6-17(21)19(15,2)10-8-16(14)18;1-2-3;1-2;/h11,14-17,21H,3-10H2,1-2H3;3H,2H2,1H3;1-2H3;1H2. The number of carbonyl (C=O) groups excluding carboxylic acids is 1. The van der Waals surface area contributed by atoms with E-state index in [-0.39, 0.29) is 37.0 Å². The van der Waals surface area contributed by atoms with Crippen LogP contribution in [-0.4, -0.2) is 28.7 Å². The van der Waals surface area contributed by atoms with Gasteiger partial charge in [0.2, 0.25) is 0 Å². The van der Waals surface area contributed by atoms with Crippen molar-refractivity contribution in [3.63, 3.8) is 0 Å². The summed E-state index contributed by atoms with van der Waals surface area (Å²) in [6.45, 7) is 10.7. The van der Waals surface area contributed by atoms with Crippen LogP contribution >= 0.6 is 13.5 Å². The molecule has 4 rings (SSSR count). The van der Waals surface area contributed by atoms with E-state index in [1.54, 1.807) is 6.92 Å². The molecule has 6 unspecified atom stereocenters. The Morgan fingerprint density at radius 1 is 1.04 bits per heavy atom. The molecule has 0 bridgehead atoms. The number of allylic oxidation sites excluding steroid dienone is 1. The van der Waals surface area contributed by atoms with Gasteiger partial charge in [-0.3, -0.25) is 4.79 Å². The minimum Gasteiger partial charge on any atom is -0.397 e. The fraction of sp³-hybridized carbons (Fsp3) is 0.870. The number of fused-ring (bicyclic) bond motifs is 5. The van der Waals surface area contributed by atoms with Crippen LogP contribution in [0.5, 0.6) is 0 Å². The van der Waals surface area contributed by atoms with Crippen LogP contribution in [0, 0.1) is 28.6 Å². The predicted molar refractivity (Wildman–Crippen MR) is 117 cm³/mol. The van der Waals surface area contributed by atoms with Gasteiger partial charge in [0, 0.05) is 13.0 Å². The van der Waals surface area contributed by atoms with Gasteiger partial charge < -0.3 is 10.2 Å². The largest absolute Gasteiger partial charge is 0.397 e. The molecular weight excluding hydrogens is 356 g/mol. The van der Waals surface area contributed by atoms with Gasteiger partial charge in [-0.15, -0.1) is 0 Å². The molecule has 4 aliphatic carbocycles. The van der Waals surface area contributed by atoms with E-state index in [4.69, 9.17) is 5.11 Å². The summed E-state index contributed by atoms with van der Waals surface area (Å²) in [6.07, 6.45) is 10.7. The van der Waals surface area contributed by atoms with Gasteiger partial charge in [-0.05, 0) is 86.5 Å². The van der Waals surface area contributed by atoms with Crippen molar-refractivity contribution in [2.24, 2.45) is 28.6 Å². The molecule has 4 heteroatoms.